The smallest absolute Gasteiger partial charge is 0.150 e. The number of anilines is 1. The molecule has 2 rings (SSSR count). The molecule has 0 fully saturated rings. The van der Waals surface area contributed by atoms with Gasteiger partial charge in [0.05, 0.1) is 12.3 Å². The first-order valence-electron chi connectivity index (χ1n) is 5.40. The van der Waals surface area contributed by atoms with Crippen molar-refractivity contribution in [2.24, 2.45) is 0 Å². The fraction of sp³-hybridized carbons (Fsp3) is 0.143. The molecule has 2 aromatic carbocycles. The lowest BCUT2D eigenvalue weighted by molar-refractivity contribution is 0.184. The van der Waals surface area contributed by atoms with Crippen LogP contribution >= 0.6 is 0 Å². The molecule has 0 aromatic heterocycles. The zero-order chi connectivity index (χ0) is 12.1. The van der Waals surface area contributed by atoms with Gasteiger partial charge in [-0.25, -0.2) is 0 Å². The van der Waals surface area contributed by atoms with E-state index >= 15 is 0 Å². The monoisotopic (exact) mass is 229 g/mol. The van der Waals surface area contributed by atoms with Gasteiger partial charge in [-0.05, 0) is 29.8 Å². The van der Waals surface area contributed by atoms with Gasteiger partial charge in [0.15, 0.2) is 0 Å². The van der Waals surface area contributed by atoms with Gasteiger partial charge in [-0.1, -0.05) is 24.3 Å². The van der Waals surface area contributed by atoms with Crippen LogP contribution in [0.25, 0.3) is 0 Å². The van der Waals surface area contributed by atoms with Crippen LogP contribution in [0.1, 0.15) is 5.56 Å². The van der Waals surface area contributed by atoms with E-state index in [0.29, 0.717) is 18.0 Å². The highest BCUT2D eigenvalue weighted by atomic mass is 16.5. The molecule has 0 bridgehead atoms. The van der Waals surface area contributed by atoms with E-state index in [1.165, 1.54) is 0 Å². The lowest BCUT2D eigenvalue weighted by Gasteiger charge is -2.09. The van der Waals surface area contributed by atoms with Gasteiger partial charge in [0.2, 0.25) is 0 Å². The fourth-order valence-electron chi connectivity index (χ4n) is 1.57. The van der Waals surface area contributed by atoms with Crippen LogP contribution < -0.4 is 10.5 Å². The molecule has 3 heteroatoms. The summed E-state index contributed by atoms with van der Waals surface area (Å²) in [4.78, 5) is 0. The molecule has 0 amide bonds. The summed E-state index contributed by atoms with van der Waals surface area (Å²) in [5.41, 5.74) is 7.51. The molecule has 3 nitrogen and oxygen atoms in total. The van der Waals surface area contributed by atoms with E-state index in [-0.39, 0.29) is 0 Å². The third kappa shape index (κ3) is 2.98. The third-order valence-corrected chi connectivity index (χ3v) is 2.36. The first kappa shape index (κ1) is 11.5. The van der Waals surface area contributed by atoms with Crippen molar-refractivity contribution in [1.82, 2.24) is 0 Å². The van der Waals surface area contributed by atoms with Gasteiger partial charge >= 0.3 is 0 Å². The fourth-order valence-corrected chi connectivity index (χ4v) is 1.57. The Morgan fingerprint density at radius 3 is 2.65 bits per heavy atom. The zero-order valence-corrected chi connectivity index (χ0v) is 9.72. The summed E-state index contributed by atoms with van der Waals surface area (Å²) in [6, 6.07) is 15.2. The van der Waals surface area contributed by atoms with Crippen LogP contribution in [-0.2, 0) is 11.3 Å². The molecule has 0 saturated carbocycles. The second kappa shape index (κ2) is 5.37. The Morgan fingerprint density at radius 1 is 1.06 bits per heavy atom. The second-order valence-corrected chi connectivity index (χ2v) is 3.72. The molecule has 0 unspecified atom stereocenters. The SMILES string of the molecule is COCc1cccc(Oc2ccccc2N)c1. The molecule has 0 aliphatic rings. The largest absolute Gasteiger partial charge is 0.455 e. The second-order valence-electron chi connectivity index (χ2n) is 3.72. The van der Waals surface area contributed by atoms with Crippen LogP contribution in [0, 0.1) is 0 Å². The number of hydrogen-bond acceptors (Lipinski definition) is 3. The Kier molecular flexibility index (Phi) is 3.62. The minimum absolute atomic E-state index is 0.571. The number of hydrogen-bond donors (Lipinski definition) is 1. The molecule has 0 saturated heterocycles. The maximum Gasteiger partial charge on any atom is 0.150 e. The first-order chi connectivity index (χ1) is 8.29. The van der Waals surface area contributed by atoms with Gasteiger partial charge in [-0.15, -0.1) is 0 Å². The number of benzene rings is 2. The van der Waals surface area contributed by atoms with Crippen molar-refractivity contribution in [3.63, 3.8) is 0 Å². The summed E-state index contributed by atoms with van der Waals surface area (Å²) in [6.45, 7) is 0.571. The number of ether oxygens (including phenoxy) is 2. The Morgan fingerprint density at radius 2 is 1.88 bits per heavy atom. The maximum atomic E-state index is 5.82. The van der Waals surface area contributed by atoms with E-state index < -0.39 is 0 Å². The standard InChI is InChI=1S/C14H15NO2/c1-16-10-11-5-4-6-12(9-11)17-14-8-3-2-7-13(14)15/h2-9H,10,15H2,1H3. The number of rotatable bonds is 4. The van der Waals surface area contributed by atoms with Crippen LogP contribution in [0.4, 0.5) is 5.69 Å². The van der Waals surface area contributed by atoms with Gasteiger partial charge in [-0.3, -0.25) is 0 Å². The Labute approximate surface area is 101 Å². The molecule has 0 atom stereocenters. The number of methoxy groups -OCH3 is 1. The Balaban J connectivity index is 2.18. The Bertz CT molecular complexity index is 497. The van der Waals surface area contributed by atoms with Gasteiger partial charge in [-0.2, -0.15) is 0 Å². The molecule has 0 radical (unpaired) electrons. The molecule has 2 N–H and O–H groups in total. The Hall–Kier alpha value is -2.00. The predicted molar refractivity (Wildman–Crippen MR) is 68.1 cm³/mol. The average Bonchev–Trinajstić information content (AvgIpc) is 2.33. The van der Waals surface area contributed by atoms with E-state index in [4.69, 9.17) is 15.2 Å². The van der Waals surface area contributed by atoms with Crippen molar-refractivity contribution in [3.8, 4) is 11.5 Å². The van der Waals surface area contributed by atoms with Gasteiger partial charge in [0.25, 0.3) is 0 Å². The van der Waals surface area contributed by atoms with Crippen LogP contribution in [0.15, 0.2) is 48.5 Å². The van der Waals surface area contributed by atoms with Crippen LogP contribution in [0.3, 0.4) is 0 Å². The molecule has 88 valence electrons. The predicted octanol–water partition coefficient (Wildman–Crippen LogP) is 3.21. The highest BCUT2D eigenvalue weighted by molar-refractivity contribution is 5.53. The molecule has 0 heterocycles. The number of nitrogens with two attached hydrogens (primary N) is 1. The summed E-state index contributed by atoms with van der Waals surface area (Å²) in [6.07, 6.45) is 0. The molecule has 0 aliphatic carbocycles. The summed E-state index contributed by atoms with van der Waals surface area (Å²) >= 11 is 0. The maximum absolute atomic E-state index is 5.82. The third-order valence-electron chi connectivity index (χ3n) is 2.36. The van der Waals surface area contributed by atoms with E-state index in [0.717, 1.165) is 11.3 Å². The highest BCUT2D eigenvalue weighted by Gasteiger charge is 2.01. The van der Waals surface area contributed by atoms with Crippen LogP contribution in [0.5, 0.6) is 11.5 Å². The molecule has 2 aromatic rings. The van der Waals surface area contributed by atoms with Crippen molar-refractivity contribution in [1.29, 1.82) is 0 Å². The number of para-hydroxylation sites is 2. The minimum atomic E-state index is 0.571. The van der Waals surface area contributed by atoms with Crippen molar-refractivity contribution >= 4 is 5.69 Å². The summed E-state index contributed by atoms with van der Waals surface area (Å²) in [7, 11) is 1.67. The van der Waals surface area contributed by atoms with Crippen molar-refractivity contribution in [2.75, 3.05) is 12.8 Å². The van der Waals surface area contributed by atoms with Crippen molar-refractivity contribution in [3.05, 3.63) is 54.1 Å². The highest BCUT2D eigenvalue weighted by Crippen LogP contribution is 2.27. The summed E-state index contributed by atoms with van der Waals surface area (Å²) in [5.74, 6) is 1.43. The minimum Gasteiger partial charge on any atom is -0.455 e. The molecule has 17 heavy (non-hydrogen) atoms. The van der Waals surface area contributed by atoms with Gasteiger partial charge in [0, 0.05) is 7.11 Å². The lowest BCUT2D eigenvalue weighted by Crippen LogP contribution is -1.92. The quantitative estimate of drug-likeness (QED) is 0.819. The van der Waals surface area contributed by atoms with E-state index in [2.05, 4.69) is 0 Å². The van der Waals surface area contributed by atoms with E-state index in [9.17, 15) is 0 Å². The van der Waals surface area contributed by atoms with E-state index in [1.807, 2.05) is 48.5 Å². The normalized spacial score (nSPS) is 10.2. The first-order valence-corrected chi connectivity index (χ1v) is 5.40. The molecular weight excluding hydrogens is 214 g/mol. The average molecular weight is 229 g/mol. The summed E-state index contributed by atoms with van der Waals surface area (Å²) < 4.78 is 10.8. The van der Waals surface area contributed by atoms with Crippen LogP contribution in [-0.4, -0.2) is 7.11 Å². The lowest BCUT2D eigenvalue weighted by atomic mass is 10.2. The van der Waals surface area contributed by atoms with Crippen LogP contribution in [0.2, 0.25) is 0 Å². The number of nitrogen functional groups attached to an aromatic ring is 1. The van der Waals surface area contributed by atoms with Gasteiger partial charge < -0.3 is 15.2 Å². The van der Waals surface area contributed by atoms with Crippen molar-refractivity contribution in [2.45, 2.75) is 6.61 Å². The topological polar surface area (TPSA) is 44.5 Å². The molecule has 0 spiro atoms. The van der Waals surface area contributed by atoms with E-state index in [1.54, 1.807) is 7.11 Å². The van der Waals surface area contributed by atoms with Crippen molar-refractivity contribution < 1.29 is 9.47 Å². The summed E-state index contributed by atoms with van der Waals surface area (Å²) in [5, 5.41) is 0. The zero-order valence-electron chi connectivity index (χ0n) is 9.72. The van der Waals surface area contributed by atoms with Gasteiger partial charge in [0.1, 0.15) is 11.5 Å². The molecular formula is C14H15NO2. The molecule has 0 aliphatic heterocycles.